The van der Waals surface area contributed by atoms with E-state index in [0.29, 0.717) is 0 Å². The van der Waals surface area contributed by atoms with Crippen LogP contribution in [0.2, 0.25) is 12.1 Å². The van der Waals surface area contributed by atoms with Gasteiger partial charge in [-0.2, -0.15) is 0 Å². The van der Waals surface area contributed by atoms with Crippen molar-refractivity contribution < 1.29 is 4.12 Å². The molecule has 0 spiro atoms. The second kappa shape index (κ2) is 4.91. The van der Waals surface area contributed by atoms with Crippen LogP contribution in [0.1, 0.15) is 19.4 Å². The van der Waals surface area contributed by atoms with Gasteiger partial charge in [0.05, 0.1) is 0 Å². The van der Waals surface area contributed by atoms with Crippen molar-refractivity contribution in [1.82, 2.24) is 0 Å². The first kappa shape index (κ1) is 11.7. The maximum atomic E-state index is 5.65. The fraction of sp³-hybridized carbons (Fsp3) is 0.455. The van der Waals surface area contributed by atoms with Gasteiger partial charge in [0.25, 0.3) is 0 Å². The molecule has 0 fully saturated rings. The molecule has 1 nitrogen and oxygen atoms in total. The highest BCUT2D eigenvalue weighted by molar-refractivity contribution is 6.88. The van der Waals surface area contributed by atoms with Crippen molar-refractivity contribution in [1.29, 1.82) is 0 Å². The van der Waals surface area contributed by atoms with E-state index in [1.165, 1.54) is 10.8 Å². The van der Waals surface area contributed by atoms with Crippen molar-refractivity contribution in [2.45, 2.75) is 32.9 Å². The topological polar surface area (TPSA) is 9.23 Å². The Hall–Kier alpha value is -0.386. The molecule has 3 radical (unpaired) electrons. The van der Waals surface area contributed by atoms with Crippen molar-refractivity contribution in [2.24, 2.45) is 0 Å². The fourth-order valence-corrected chi connectivity index (χ4v) is 5.97. The van der Waals surface area contributed by atoms with E-state index in [-0.39, 0.29) is 0 Å². The SMILES string of the molecule is CC[Si](CC)(O[Si])c1ccccc1C. The van der Waals surface area contributed by atoms with Gasteiger partial charge in [-0.1, -0.05) is 38.1 Å². The third kappa shape index (κ3) is 1.99. The van der Waals surface area contributed by atoms with E-state index >= 15 is 0 Å². The summed E-state index contributed by atoms with van der Waals surface area (Å²) in [4.78, 5) is 0. The molecule has 0 amide bonds. The molecular formula is C11H17OSi2. The van der Waals surface area contributed by atoms with Crippen LogP contribution in [-0.2, 0) is 4.12 Å². The van der Waals surface area contributed by atoms with Crippen molar-refractivity contribution in [3.05, 3.63) is 29.8 Å². The van der Waals surface area contributed by atoms with Crippen LogP contribution < -0.4 is 5.19 Å². The van der Waals surface area contributed by atoms with Crippen molar-refractivity contribution >= 4 is 24.0 Å². The van der Waals surface area contributed by atoms with Crippen LogP contribution in [0.3, 0.4) is 0 Å². The van der Waals surface area contributed by atoms with Gasteiger partial charge in [0, 0.05) is 0 Å². The number of hydrogen-bond donors (Lipinski definition) is 0. The quantitative estimate of drug-likeness (QED) is 0.709. The Kier molecular flexibility index (Phi) is 4.10. The predicted molar refractivity (Wildman–Crippen MR) is 64.4 cm³/mol. The summed E-state index contributed by atoms with van der Waals surface area (Å²) < 4.78 is 5.65. The summed E-state index contributed by atoms with van der Waals surface area (Å²) in [7, 11) is 1.55. The highest BCUT2D eigenvalue weighted by atomic mass is 28.4. The molecule has 14 heavy (non-hydrogen) atoms. The van der Waals surface area contributed by atoms with Gasteiger partial charge >= 0.3 is 0 Å². The maximum absolute atomic E-state index is 5.65. The van der Waals surface area contributed by atoms with Gasteiger partial charge in [0.1, 0.15) is 0 Å². The molecule has 3 heteroatoms. The van der Waals surface area contributed by atoms with Crippen LogP contribution in [0, 0.1) is 6.92 Å². The van der Waals surface area contributed by atoms with Gasteiger partial charge in [-0.15, -0.1) is 0 Å². The molecule has 0 saturated heterocycles. The number of hydrogen-bond acceptors (Lipinski definition) is 1. The first-order chi connectivity index (χ1) is 6.70. The molecule has 0 unspecified atom stereocenters. The van der Waals surface area contributed by atoms with E-state index in [4.69, 9.17) is 4.12 Å². The maximum Gasteiger partial charge on any atom is 0.230 e. The Labute approximate surface area is 91.2 Å². The van der Waals surface area contributed by atoms with Crippen LogP contribution in [-0.4, -0.2) is 18.8 Å². The van der Waals surface area contributed by atoms with Crippen LogP contribution in [0.5, 0.6) is 0 Å². The number of benzene rings is 1. The van der Waals surface area contributed by atoms with E-state index in [1.807, 2.05) is 0 Å². The van der Waals surface area contributed by atoms with E-state index < -0.39 is 8.32 Å². The summed E-state index contributed by atoms with van der Waals surface area (Å²) in [5.74, 6) is 0. The lowest BCUT2D eigenvalue weighted by Crippen LogP contribution is -2.50. The average Bonchev–Trinajstić information content (AvgIpc) is 2.24. The molecule has 0 aliphatic heterocycles. The second-order valence-electron chi connectivity index (χ2n) is 3.62. The molecule has 0 atom stereocenters. The third-order valence-electron chi connectivity index (χ3n) is 2.97. The average molecular weight is 221 g/mol. The Balaban J connectivity index is 3.17. The van der Waals surface area contributed by atoms with Crippen LogP contribution in [0.25, 0.3) is 0 Å². The monoisotopic (exact) mass is 221 g/mol. The first-order valence-electron chi connectivity index (χ1n) is 5.11. The highest BCUT2D eigenvalue weighted by Gasteiger charge is 2.32. The summed E-state index contributed by atoms with van der Waals surface area (Å²) in [6.07, 6.45) is 0. The highest BCUT2D eigenvalue weighted by Crippen LogP contribution is 2.17. The summed E-state index contributed by atoms with van der Waals surface area (Å²) >= 11 is 0. The summed E-state index contributed by atoms with van der Waals surface area (Å²) in [5, 5.41) is 1.42. The molecule has 0 N–H and O–H groups in total. The molecule has 0 bridgehead atoms. The molecule has 0 saturated carbocycles. The summed E-state index contributed by atoms with van der Waals surface area (Å²) in [5.41, 5.74) is 1.35. The minimum atomic E-state index is -1.72. The Bertz CT molecular complexity index is 287. The largest absolute Gasteiger partial charge is 0.453 e. The Morgan fingerprint density at radius 1 is 1.21 bits per heavy atom. The molecule has 0 aromatic heterocycles. The minimum Gasteiger partial charge on any atom is -0.453 e. The smallest absolute Gasteiger partial charge is 0.230 e. The van der Waals surface area contributed by atoms with Crippen molar-refractivity contribution in [2.75, 3.05) is 0 Å². The lowest BCUT2D eigenvalue weighted by atomic mass is 10.2. The summed E-state index contributed by atoms with van der Waals surface area (Å²) in [6.45, 7) is 6.58. The third-order valence-corrected chi connectivity index (χ3v) is 8.36. The normalized spacial score (nSPS) is 11.7. The minimum absolute atomic E-state index is 1.11. The lowest BCUT2D eigenvalue weighted by Gasteiger charge is -2.29. The van der Waals surface area contributed by atoms with E-state index in [0.717, 1.165) is 12.1 Å². The van der Waals surface area contributed by atoms with E-state index in [2.05, 4.69) is 55.5 Å². The van der Waals surface area contributed by atoms with Crippen LogP contribution >= 0.6 is 0 Å². The zero-order valence-corrected chi connectivity index (χ0v) is 11.1. The van der Waals surface area contributed by atoms with Gasteiger partial charge in [0.15, 0.2) is 0 Å². The zero-order chi connectivity index (χ0) is 10.6. The van der Waals surface area contributed by atoms with Gasteiger partial charge in [-0.05, 0) is 29.8 Å². The lowest BCUT2D eigenvalue weighted by molar-refractivity contribution is 0.607. The molecule has 0 aliphatic carbocycles. The summed E-state index contributed by atoms with van der Waals surface area (Å²) in [6, 6.07) is 10.8. The number of rotatable bonds is 4. The van der Waals surface area contributed by atoms with Crippen molar-refractivity contribution in [3.8, 4) is 0 Å². The van der Waals surface area contributed by atoms with Gasteiger partial charge in [-0.3, -0.25) is 0 Å². The fourth-order valence-electron chi connectivity index (χ4n) is 1.91. The van der Waals surface area contributed by atoms with Crippen LogP contribution in [0.15, 0.2) is 24.3 Å². The molecule has 1 aromatic carbocycles. The van der Waals surface area contributed by atoms with Gasteiger partial charge < -0.3 is 4.12 Å². The Morgan fingerprint density at radius 2 is 1.79 bits per heavy atom. The second-order valence-corrected chi connectivity index (χ2v) is 8.38. The predicted octanol–water partition coefficient (Wildman–Crippen LogP) is 2.29. The molecule has 1 rings (SSSR count). The van der Waals surface area contributed by atoms with Gasteiger partial charge in [-0.25, -0.2) is 0 Å². The zero-order valence-electron chi connectivity index (χ0n) is 9.13. The molecular weight excluding hydrogens is 204 g/mol. The molecule has 0 aliphatic rings. The molecule has 1 aromatic rings. The van der Waals surface area contributed by atoms with Crippen molar-refractivity contribution in [3.63, 3.8) is 0 Å². The standard InChI is InChI=1S/C11H17OSi2/c1-4-14(5-2,12-13)11-9-7-6-8-10(11)3/h6-9H,4-5H2,1-3H3. The number of aryl methyl sites for hydroxylation is 1. The first-order valence-corrected chi connectivity index (χ1v) is 7.84. The van der Waals surface area contributed by atoms with E-state index in [9.17, 15) is 0 Å². The van der Waals surface area contributed by atoms with Crippen LogP contribution in [0.4, 0.5) is 0 Å². The molecule has 0 heterocycles. The molecule has 75 valence electrons. The van der Waals surface area contributed by atoms with Gasteiger partial charge in [0.2, 0.25) is 18.8 Å². The van der Waals surface area contributed by atoms with E-state index in [1.54, 1.807) is 0 Å². The Morgan fingerprint density at radius 3 is 2.21 bits per heavy atom.